The Morgan fingerprint density at radius 2 is 1.85 bits per heavy atom. The van der Waals surface area contributed by atoms with Gasteiger partial charge in [-0.15, -0.1) is 0 Å². The van der Waals surface area contributed by atoms with Gasteiger partial charge in [0, 0.05) is 6.54 Å². The summed E-state index contributed by atoms with van der Waals surface area (Å²) >= 11 is 3.19. The second kappa shape index (κ2) is 10.7. The summed E-state index contributed by atoms with van der Waals surface area (Å²) in [6, 6.07) is 12.2. The number of amides is 2. The van der Waals surface area contributed by atoms with E-state index in [0.29, 0.717) is 29.7 Å². The van der Waals surface area contributed by atoms with Gasteiger partial charge in [-0.05, 0) is 94.6 Å². The molecule has 1 aliphatic carbocycles. The Morgan fingerprint density at radius 1 is 1.12 bits per heavy atom. The third-order valence-electron chi connectivity index (χ3n) is 5.89. The highest BCUT2D eigenvalue weighted by molar-refractivity contribution is 14.1. The maximum Gasteiger partial charge on any atom is 0.335 e. The Bertz CT molecular complexity index is 1090. The van der Waals surface area contributed by atoms with Gasteiger partial charge in [0.15, 0.2) is 0 Å². The van der Waals surface area contributed by atoms with E-state index >= 15 is 0 Å². The van der Waals surface area contributed by atoms with E-state index in [0.717, 1.165) is 39.3 Å². The molecule has 2 aromatic rings. The topological polar surface area (TPSA) is 83.9 Å². The molecule has 0 spiro atoms. The maximum absolute atomic E-state index is 12.8. The first-order valence-corrected chi connectivity index (χ1v) is 12.8. The molecule has 6 nitrogen and oxygen atoms in total. The fourth-order valence-corrected chi connectivity index (χ4v) is 5.61. The van der Waals surface area contributed by atoms with Crippen LogP contribution < -0.4 is 4.74 Å². The van der Waals surface area contributed by atoms with Crippen LogP contribution in [0.1, 0.15) is 53.6 Å². The molecule has 8 heteroatoms. The molecule has 0 unspecified atom stereocenters. The minimum atomic E-state index is -0.959. The Labute approximate surface area is 210 Å². The predicted molar refractivity (Wildman–Crippen MR) is 136 cm³/mol. The van der Waals surface area contributed by atoms with Gasteiger partial charge in [-0.3, -0.25) is 14.5 Å². The van der Waals surface area contributed by atoms with Gasteiger partial charge in [-0.2, -0.15) is 0 Å². The Hall–Kier alpha value is -2.33. The van der Waals surface area contributed by atoms with Crippen molar-refractivity contribution in [1.82, 2.24) is 4.90 Å². The lowest BCUT2D eigenvalue weighted by molar-refractivity contribution is -0.123. The third kappa shape index (κ3) is 5.97. The summed E-state index contributed by atoms with van der Waals surface area (Å²) in [6.45, 7) is 0.842. The molecule has 0 radical (unpaired) electrons. The van der Waals surface area contributed by atoms with Gasteiger partial charge in [0.25, 0.3) is 11.1 Å². The van der Waals surface area contributed by atoms with Gasteiger partial charge in [0.1, 0.15) is 12.4 Å². The highest BCUT2D eigenvalue weighted by atomic mass is 127. The summed E-state index contributed by atoms with van der Waals surface area (Å²) in [7, 11) is 0. The molecule has 1 aliphatic heterocycles. The number of hydrogen-bond acceptors (Lipinski definition) is 5. The van der Waals surface area contributed by atoms with E-state index in [1.807, 2.05) is 18.2 Å². The van der Waals surface area contributed by atoms with Gasteiger partial charge in [0.05, 0.1) is 14.0 Å². The summed E-state index contributed by atoms with van der Waals surface area (Å²) in [6.07, 6.45) is 7.54. The number of imide groups is 1. The van der Waals surface area contributed by atoms with E-state index in [9.17, 15) is 14.4 Å². The van der Waals surface area contributed by atoms with Crippen molar-refractivity contribution in [3.63, 3.8) is 0 Å². The molecule has 1 N–H and O–H groups in total. The van der Waals surface area contributed by atoms with Crippen LogP contribution in [0.4, 0.5) is 4.79 Å². The monoisotopic (exact) mass is 577 g/mol. The molecule has 2 aliphatic rings. The van der Waals surface area contributed by atoms with Crippen molar-refractivity contribution in [2.24, 2.45) is 5.92 Å². The van der Waals surface area contributed by atoms with Crippen LogP contribution in [0, 0.1) is 9.49 Å². The largest absolute Gasteiger partial charge is 0.488 e. The molecule has 2 fully saturated rings. The number of ether oxygens (including phenoxy) is 1. The van der Waals surface area contributed by atoms with Crippen LogP contribution in [-0.4, -0.2) is 33.7 Å². The molecule has 33 heavy (non-hydrogen) atoms. The van der Waals surface area contributed by atoms with E-state index in [1.54, 1.807) is 30.3 Å². The number of thioether (sulfide) groups is 1. The lowest BCUT2D eigenvalue weighted by Crippen LogP contribution is -2.34. The smallest absolute Gasteiger partial charge is 0.335 e. The van der Waals surface area contributed by atoms with E-state index in [2.05, 4.69) is 22.6 Å². The molecule has 2 aromatic carbocycles. The van der Waals surface area contributed by atoms with Crippen molar-refractivity contribution >= 4 is 57.5 Å². The molecular formula is C25H24INO5S. The first-order valence-electron chi connectivity index (χ1n) is 10.9. The number of carbonyl (C=O) groups is 3. The number of nitrogens with zero attached hydrogens (tertiary/aromatic N) is 1. The fraction of sp³-hybridized carbons (Fsp3) is 0.320. The van der Waals surface area contributed by atoms with E-state index < -0.39 is 5.97 Å². The van der Waals surface area contributed by atoms with Crippen LogP contribution in [0.15, 0.2) is 47.4 Å². The molecule has 0 aromatic heterocycles. The van der Waals surface area contributed by atoms with Gasteiger partial charge in [-0.1, -0.05) is 37.5 Å². The van der Waals surface area contributed by atoms with Crippen molar-refractivity contribution in [3.8, 4) is 5.75 Å². The Kier molecular flexibility index (Phi) is 7.75. The van der Waals surface area contributed by atoms with Crippen molar-refractivity contribution in [2.45, 2.75) is 38.7 Å². The summed E-state index contributed by atoms with van der Waals surface area (Å²) in [5, 5.41) is 8.81. The molecular weight excluding hydrogens is 553 g/mol. The highest BCUT2D eigenvalue weighted by Crippen LogP contribution is 2.35. The minimum Gasteiger partial charge on any atom is -0.488 e. The molecule has 2 amide bonds. The molecule has 1 heterocycles. The van der Waals surface area contributed by atoms with Crippen LogP contribution in [0.25, 0.3) is 6.08 Å². The van der Waals surface area contributed by atoms with Gasteiger partial charge >= 0.3 is 5.97 Å². The molecule has 0 atom stereocenters. The number of aromatic carboxylic acids is 1. The Balaban J connectivity index is 1.39. The van der Waals surface area contributed by atoms with Crippen LogP contribution in [0.2, 0.25) is 0 Å². The fourth-order valence-electron chi connectivity index (χ4n) is 4.07. The van der Waals surface area contributed by atoms with Crippen molar-refractivity contribution < 1.29 is 24.2 Å². The normalized spacial score (nSPS) is 18.2. The number of hydrogen-bond donors (Lipinski definition) is 1. The first-order chi connectivity index (χ1) is 15.9. The average Bonchev–Trinajstić information content (AvgIpc) is 3.07. The van der Waals surface area contributed by atoms with Gasteiger partial charge in [-0.25, -0.2) is 4.79 Å². The van der Waals surface area contributed by atoms with E-state index in [1.165, 1.54) is 24.2 Å². The number of carbonyl (C=O) groups excluding carboxylic acids is 2. The standard InChI is InChI=1S/C25H24INO5S/c26-20-12-18(8-11-21(20)32-15-17-6-9-19(10-7-17)24(29)30)13-22-23(28)27(25(31)33-22)14-16-4-2-1-3-5-16/h6-13,16H,1-5,14-15H2,(H,29,30)/b22-13+. The zero-order valence-corrected chi connectivity index (χ0v) is 20.9. The Morgan fingerprint density at radius 3 is 2.52 bits per heavy atom. The van der Waals surface area contributed by atoms with E-state index in [4.69, 9.17) is 9.84 Å². The lowest BCUT2D eigenvalue weighted by atomic mass is 9.89. The maximum atomic E-state index is 12.8. The molecule has 1 saturated carbocycles. The summed E-state index contributed by atoms with van der Waals surface area (Å²) in [5.41, 5.74) is 1.94. The van der Waals surface area contributed by atoms with Crippen LogP contribution in [0.5, 0.6) is 5.75 Å². The lowest BCUT2D eigenvalue weighted by Gasteiger charge is -2.25. The molecule has 4 rings (SSSR count). The SMILES string of the molecule is O=C(O)c1ccc(COc2ccc(/C=C3/SC(=O)N(CC4CCCCC4)C3=O)cc2I)cc1. The second-order valence-corrected chi connectivity index (χ2v) is 10.4. The minimum absolute atomic E-state index is 0.180. The highest BCUT2D eigenvalue weighted by Gasteiger charge is 2.36. The van der Waals surface area contributed by atoms with Crippen LogP contribution in [0.3, 0.4) is 0 Å². The van der Waals surface area contributed by atoms with Crippen molar-refractivity contribution in [2.75, 3.05) is 6.54 Å². The van der Waals surface area contributed by atoms with E-state index in [-0.39, 0.29) is 16.7 Å². The summed E-state index contributed by atoms with van der Waals surface area (Å²) in [4.78, 5) is 38.1. The summed E-state index contributed by atoms with van der Waals surface area (Å²) < 4.78 is 6.76. The van der Waals surface area contributed by atoms with Gasteiger partial charge in [0.2, 0.25) is 0 Å². The number of carboxylic acids is 1. The number of carboxylic acid groups (broad SMARTS) is 1. The number of halogens is 1. The zero-order valence-electron chi connectivity index (χ0n) is 18.0. The zero-order chi connectivity index (χ0) is 23.4. The van der Waals surface area contributed by atoms with Crippen molar-refractivity contribution in [3.05, 3.63) is 67.6 Å². The number of rotatable bonds is 7. The van der Waals surface area contributed by atoms with Gasteiger partial charge < -0.3 is 9.84 Å². The molecule has 1 saturated heterocycles. The first kappa shape index (κ1) is 23.8. The molecule has 172 valence electrons. The summed E-state index contributed by atoms with van der Waals surface area (Å²) in [5.74, 6) is -0.0417. The second-order valence-electron chi connectivity index (χ2n) is 8.28. The van der Waals surface area contributed by atoms with Crippen LogP contribution in [-0.2, 0) is 11.4 Å². The quantitative estimate of drug-likeness (QED) is 0.313. The number of benzene rings is 2. The average molecular weight is 577 g/mol. The van der Waals surface area contributed by atoms with Crippen molar-refractivity contribution in [1.29, 1.82) is 0 Å². The predicted octanol–water partition coefficient (Wildman–Crippen LogP) is 6.19. The third-order valence-corrected chi connectivity index (χ3v) is 7.64. The van der Waals surface area contributed by atoms with Crippen LogP contribution >= 0.6 is 34.4 Å². The molecule has 0 bridgehead atoms.